The Morgan fingerprint density at radius 3 is 2.23 bits per heavy atom. The first kappa shape index (κ1) is 14.8. The van der Waals surface area contributed by atoms with Crippen molar-refractivity contribution in [2.24, 2.45) is 0 Å². The zero-order valence-corrected chi connectivity index (χ0v) is 12.7. The summed E-state index contributed by atoms with van der Waals surface area (Å²) < 4.78 is 5.84. The van der Waals surface area contributed by atoms with Gasteiger partial charge >= 0.3 is 0 Å². The molecule has 3 nitrogen and oxygen atoms in total. The number of ether oxygens (including phenoxy) is 1. The Bertz CT molecular complexity index is 589. The van der Waals surface area contributed by atoms with E-state index in [0.717, 1.165) is 37.7 Å². The topological polar surface area (TPSA) is 24.5 Å². The van der Waals surface area contributed by atoms with E-state index in [0.29, 0.717) is 0 Å². The van der Waals surface area contributed by atoms with E-state index in [1.807, 2.05) is 48.5 Å². The molecule has 0 radical (unpaired) electrons. The van der Waals surface area contributed by atoms with Gasteiger partial charge in [-0.05, 0) is 29.8 Å². The fourth-order valence-corrected chi connectivity index (χ4v) is 2.81. The summed E-state index contributed by atoms with van der Waals surface area (Å²) in [4.78, 5) is 2.45. The molecule has 114 valence electrons. The van der Waals surface area contributed by atoms with Crippen LogP contribution in [0.2, 0.25) is 0 Å². The molecule has 0 bridgehead atoms. The van der Waals surface area contributed by atoms with Gasteiger partial charge in [0.2, 0.25) is 0 Å². The highest BCUT2D eigenvalue weighted by molar-refractivity contribution is 5.35. The molecule has 22 heavy (non-hydrogen) atoms. The Morgan fingerprint density at radius 2 is 1.59 bits per heavy atom. The number of hydrogen-bond donors (Lipinski definition) is 1. The molecule has 2 aromatic carbocycles. The quantitative estimate of drug-likeness (QED) is 0.853. The lowest BCUT2D eigenvalue weighted by Crippen LogP contribution is -2.44. The Labute approximate surface area is 132 Å². The maximum absolute atomic E-state index is 5.84. The minimum absolute atomic E-state index is 0.271. The normalized spacial score (nSPS) is 16.9. The molecule has 0 aliphatic carbocycles. The van der Waals surface area contributed by atoms with E-state index < -0.39 is 0 Å². The number of nitrogens with one attached hydrogen (secondary N) is 1. The molecule has 1 N–H and O–H groups in total. The van der Waals surface area contributed by atoms with E-state index in [4.69, 9.17) is 4.74 Å². The second kappa shape index (κ2) is 7.25. The van der Waals surface area contributed by atoms with Crippen molar-refractivity contribution in [2.75, 3.05) is 26.2 Å². The molecule has 0 amide bonds. The molecule has 2 aromatic rings. The fraction of sp³-hybridized carbons (Fsp3) is 0.263. The number of nitrogens with zero attached hydrogens (tertiary/aromatic N) is 1. The van der Waals surface area contributed by atoms with E-state index >= 15 is 0 Å². The van der Waals surface area contributed by atoms with Gasteiger partial charge in [0.1, 0.15) is 11.5 Å². The Morgan fingerprint density at radius 1 is 0.955 bits per heavy atom. The van der Waals surface area contributed by atoms with E-state index in [-0.39, 0.29) is 6.04 Å². The lowest BCUT2D eigenvalue weighted by Gasteiger charge is -2.33. The van der Waals surface area contributed by atoms with Crippen LogP contribution in [0.1, 0.15) is 11.6 Å². The van der Waals surface area contributed by atoms with Crippen LogP contribution in [0.15, 0.2) is 67.3 Å². The van der Waals surface area contributed by atoms with Gasteiger partial charge in [0.25, 0.3) is 0 Å². The van der Waals surface area contributed by atoms with Crippen molar-refractivity contribution in [3.05, 3.63) is 72.8 Å². The van der Waals surface area contributed by atoms with Gasteiger partial charge in [-0.15, -0.1) is 6.58 Å². The first-order valence-corrected chi connectivity index (χ1v) is 7.77. The Balaban J connectivity index is 1.71. The van der Waals surface area contributed by atoms with Gasteiger partial charge in [0, 0.05) is 26.2 Å². The molecule has 1 aliphatic rings. The maximum Gasteiger partial charge on any atom is 0.127 e. The van der Waals surface area contributed by atoms with Gasteiger partial charge in [0.15, 0.2) is 0 Å². The van der Waals surface area contributed by atoms with Crippen LogP contribution in [-0.4, -0.2) is 31.1 Å². The van der Waals surface area contributed by atoms with Gasteiger partial charge in [-0.3, -0.25) is 4.90 Å². The third kappa shape index (κ3) is 3.56. The molecule has 1 aliphatic heterocycles. The molecule has 0 aromatic heterocycles. The Hall–Kier alpha value is -2.10. The van der Waals surface area contributed by atoms with E-state index in [2.05, 4.69) is 28.9 Å². The van der Waals surface area contributed by atoms with Gasteiger partial charge in [-0.1, -0.05) is 36.4 Å². The van der Waals surface area contributed by atoms with Crippen LogP contribution in [0, 0.1) is 0 Å². The minimum atomic E-state index is 0.271. The van der Waals surface area contributed by atoms with Crippen molar-refractivity contribution < 1.29 is 4.74 Å². The largest absolute Gasteiger partial charge is 0.457 e. The molecule has 1 saturated heterocycles. The number of para-hydroxylation sites is 1. The highest BCUT2D eigenvalue weighted by atomic mass is 16.5. The first-order chi connectivity index (χ1) is 10.9. The summed E-state index contributed by atoms with van der Waals surface area (Å²) in [6.07, 6.45) is 2.03. The minimum Gasteiger partial charge on any atom is -0.457 e. The average molecular weight is 294 g/mol. The van der Waals surface area contributed by atoms with Crippen LogP contribution in [-0.2, 0) is 0 Å². The van der Waals surface area contributed by atoms with Crippen LogP contribution in [0.3, 0.4) is 0 Å². The van der Waals surface area contributed by atoms with Crippen LogP contribution >= 0.6 is 0 Å². The van der Waals surface area contributed by atoms with Crippen molar-refractivity contribution in [1.82, 2.24) is 10.2 Å². The first-order valence-electron chi connectivity index (χ1n) is 7.77. The van der Waals surface area contributed by atoms with Gasteiger partial charge in [0.05, 0.1) is 6.04 Å². The van der Waals surface area contributed by atoms with Crippen molar-refractivity contribution in [3.8, 4) is 11.5 Å². The van der Waals surface area contributed by atoms with Crippen molar-refractivity contribution in [1.29, 1.82) is 0 Å². The highest BCUT2D eigenvalue weighted by Gasteiger charge is 2.19. The fourth-order valence-electron chi connectivity index (χ4n) is 2.81. The number of benzene rings is 2. The van der Waals surface area contributed by atoms with E-state index in [9.17, 15) is 0 Å². The molecule has 0 spiro atoms. The third-order valence-corrected chi connectivity index (χ3v) is 3.97. The third-order valence-electron chi connectivity index (χ3n) is 3.97. The lowest BCUT2D eigenvalue weighted by atomic mass is 10.0. The summed E-state index contributed by atoms with van der Waals surface area (Å²) in [6.45, 7) is 8.20. The zero-order valence-electron chi connectivity index (χ0n) is 12.7. The van der Waals surface area contributed by atoms with Gasteiger partial charge in [-0.2, -0.15) is 0 Å². The van der Waals surface area contributed by atoms with Gasteiger partial charge in [-0.25, -0.2) is 0 Å². The summed E-state index contributed by atoms with van der Waals surface area (Å²) >= 11 is 0. The molecule has 1 fully saturated rings. The zero-order chi connectivity index (χ0) is 15.2. The average Bonchev–Trinajstić information content (AvgIpc) is 2.59. The van der Waals surface area contributed by atoms with E-state index in [1.165, 1.54) is 5.56 Å². The second-order valence-corrected chi connectivity index (χ2v) is 5.45. The standard InChI is InChI=1S/C19H22N2O/c1-2-19(21-14-12-20-13-15-21)16-8-10-18(11-9-16)22-17-6-4-3-5-7-17/h2-11,19-20H,1,12-15H2/t19-/m0/s1. The summed E-state index contributed by atoms with van der Waals surface area (Å²) in [6, 6.07) is 18.4. The molecule has 0 unspecified atom stereocenters. The van der Waals surface area contributed by atoms with E-state index in [1.54, 1.807) is 0 Å². The van der Waals surface area contributed by atoms with Crippen molar-refractivity contribution >= 4 is 0 Å². The predicted octanol–water partition coefficient (Wildman–Crippen LogP) is 3.61. The molecular weight excluding hydrogens is 272 g/mol. The van der Waals surface area contributed by atoms with Crippen LogP contribution in [0.4, 0.5) is 0 Å². The predicted molar refractivity (Wildman–Crippen MR) is 90.3 cm³/mol. The molecule has 3 heteroatoms. The maximum atomic E-state index is 5.84. The van der Waals surface area contributed by atoms with Crippen molar-refractivity contribution in [2.45, 2.75) is 6.04 Å². The van der Waals surface area contributed by atoms with Crippen LogP contribution < -0.4 is 10.1 Å². The number of piperazine rings is 1. The lowest BCUT2D eigenvalue weighted by molar-refractivity contribution is 0.203. The van der Waals surface area contributed by atoms with Gasteiger partial charge < -0.3 is 10.1 Å². The SMILES string of the molecule is C=C[C@@H](c1ccc(Oc2ccccc2)cc1)N1CCNCC1. The molecule has 0 saturated carbocycles. The summed E-state index contributed by atoms with van der Waals surface area (Å²) in [7, 11) is 0. The summed E-state index contributed by atoms with van der Waals surface area (Å²) in [5.74, 6) is 1.72. The summed E-state index contributed by atoms with van der Waals surface area (Å²) in [5, 5.41) is 3.39. The van der Waals surface area contributed by atoms with Crippen LogP contribution in [0.25, 0.3) is 0 Å². The molecule has 1 heterocycles. The van der Waals surface area contributed by atoms with Crippen molar-refractivity contribution in [3.63, 3.8) is 0 Å². The van der Waals surface area contributed by atoms with Crippen LogP contribution in [0.5, 0.6) is 11.5 Å². The second-order valence-electron chi connectivity index (χ2n) is 5.45. The highest BCUT2D eigenvalue weighted by Crippen LogP contribution is 2.26. The smallest absolute Gasteiger partial charge is 0.127 e. The number of hydrogen-bond acceptors (Lipinski definition) is 3. The Kier molecular flexibility index (Phi) is 4.88. The summed E-state index contributed by atoms with van der Waals surface area (Å²) in [5.41, 5.74) is 1.26. The molecule has 1 atom stereocenters. The molecular formula is C19H22N2O. The monoisotopic (exact) mass is 294 g/mol. The molecule has 3 rings (SSSR count). The number of rotatable bonds is 5.